The average Bonchev–Trinajstić information content (AvgIpc) is 3.42. The Kier molecular flexibility index (Phi) is 8.71. The van der Waals surface area contributed by atoms with E-state index in [1.807, 2.05) is 29.9 Å². The molecule has 4 aromatic rings. The van der Waals surface area contributed by atoms with Crippen molar-refractivity contribution in [2.45, 2.75) is 82.8 Å². The third-order valence-corrected chi connectivity index (χ3v) is 10.8. The van der Waals surface area contributed by atoms with Gasteiger partial charge >= 0.3 is 0 Å². The van der Waals surface area contributed by atoms with Gasteiger partial charge in [0.2, 0.25) is 5.95 Å². The Morgan fingerprint density at radius 1 is 1.07 bits per heavy atom. The molecule has 2 heterocycles. The van der Waals surface area contributed by atoms with Gasteiger partial charge in [0.1, 0.15) is 5.82 Å². The highest BCUT2D eigenvalue weighted by molar-refractivity contribution is 7.91. The van der Waals surface area contributed by atoms with Gasteiger partial charge in [-0.25, -0.2) is 22.8 Å². The van der Waals surface area contributed by atoms with Crippen LogP contribution in [-0.2, 0) is 22.0 Å². The summed E-state index contributed by atoms with van der Waals surface area (Å²) in [5, 5.41) is 8.05. The molecule has 7 nitrogen and oxygen atoms in total. The lowest BCUT2D eigenvalue weighted by Gasteiger charge is -2.21. The number of halogens is 2. The third kappa shape index (κ3) is 6.84. The first kappa shape index (κ1) is 30.2. The minimum Gasteiger partial charge on any atom is -0.324 e. The molecule has 1 saturated carbocycles. The van der Waals surface area contributed by atoms with Gasteiger partial charge in [-0.05, 0) is 81.5 Å². The number of nitrogens with zero attached hydrogens (tertiary/aromatic N) is 4. The van der Waals surface area contributed by atoms with E-state index >= 15 is 4.39 Å². The van der Waals surface area contributed by atoms with E-state index in [1.165, 1.54) is 25.3 Å². The number of hydrogen-bond donors (Lipinski definition) is 1. The molecule has 10 heteroatoms. The van der Waals surface area contributed by atoms with Crippen LogP contribution < -0.4 is 5.32 Å². The fourth-order valence-corrected chi connectivity index (χ4v) is 6.50. The van der Waals surface area contributed by atoms with Crippen molar-refractivity contribution < 1.29 is 12.8 Å². The molecule has 1 N–H and O–H groups in total. The van der Waals surface area contributed by atoms with Crippen LogP contribution in [0.4, 0.5) is 16.0 Å². The zero-order valence-electron chi connectivity index (χ0n) is 24.5. The monoisotopic (exact) mass is 609 g/mol. The molecule has 222 valence electrons. The summed E-state index contributed by atoms with van der Waals surface area (Å²) in [7, 11) is -3.40. The molecule has 1 aliphatic rings. The van der Waals surface area contributed by atoms with Gasteiger partial charge in [-0.1, -0.05) is 43.0 Å². The number of aromatic nitrogens is 4. The van der Waals surface area contributed by atoms with Crippen molar-refractivity contribution in [1.29, 1.82) is 0 Å². The highest BCUT2D eigenvalue weighted by Gasteiger charge is 2.29. The van der Waals surface area contributed by atoms with Crippen LogP contribution in [0.1, 0.15) is 81.3 Å². The number of hydrogen-bond acceptors (Lipinski definition) is 6. The predicted octanol–water partition coefficient (Wildman–Crippen LogP) is 7.99. The largest absolute Gasteiger partial charge is 0.324 e. The first-order chi connectivity index (χ1) is 19.9. The fraction of sp³-hybridized carbons (Fsp3) is 0.406. The maximum atomic E-state index is 15.2. The molecule has 0 atom stereocenters. The molecule has 0 saturated heterocycles. The molecule has 0 bridgehead atoms. The lowest BCUT2D eigenvalue weighted by Crippen LogP contribution is -2.29. The minimum atomic E-state index is -3.40. The first-order valence-electron chi connectivity index (χ1n) is 14.3. The Hall–Kier alpha value is -3.30. The van der Waals surface area contributed by atoms with E-state index in [-0.39, 0.29) is 11.6 Å². The Balaban J connectivity index is 1.31. The maximum absolute atomic E-state index is 15.2. The molecule has 2 aromatic carbocycles. The van der Waals surface area contributed by atoms with Crippen LogP contribution in [-0.4, -0.2) is 32.9 Å². The third-order valence-electron chi connectivity index (χ3n) is 7.92. The van der Waals surface area contributed by atoms with Crippen molar-refractivity contribution in [2.75, 3.05) is 5.32 Å². The topological polar surface area (TPSA) is 89.8 Å². The summed E-state index contributed by atoms with van der Waals surface area (Å²) in [6.07, 6.45) is 11.8. The highest BCUT2D eigenvalue weighted by Crippen LogP contribution is 2.31. The zero-order valence-corrected chi connectivity index (χ0v) is 26.1. The molecule has 2 aromatic heterocycles. The molecular formula is C32H37ClFN5O2S. The van der Waals surface area contributed by atoms with Crippen molar-refractivity contribution in [3.63, 3.8) is 0 Å². The molecule has 0 unspecified atom stereocenters. The van der Waals surface area contributed by atoms with Gasteiger partial charge in [0.05, 0.1) is 28.4 Å². The van der Waals surface area contributed by atoms with Crippen LogP contribution in [0.25, 0.3) is 11.1 Å². The summed E-state index contributed by atoms with van der Waals surface area (Å²) in [6, 6.07) is 10.8. The molecular weight excluding hydrogens is 573 g/mol. The number of benzene rings is 2. The van der Waals surface area contributed by atoms with Gasteiger partial charge < -0.3 is 5.32 Å². The lowest BCUT2D eigenvalue weighted by molar-refractivity contribution is 0.329. The molecule has 1 fully saturated rings. The van der Waals surface area contributed by atoms with Crippen LogP contribution in [0, 0.1) is 12.7 Å². The van der Waals surface area contributed by atoms with E-state index < -0.39 is 14.6 Å². The number of aryl methyl sites for hydroxylation is 1. The normalized spacial score (nSPS) is 14.7. The van der Waals surface area contributed by atoms with Crippen LogP contribution in [0.2, 0.25) is 5.02 Å². The lowest BCUT2D eigenvalue weighted by atomic mass is 9.96. The second-order valence-electron chi connectivity index (χ2n) is 12.1. The van der Waals surface area contributed by atoms with Crippen LogP contribution in [0.3, 0.4) is 0 Å². The first-order valence-corrected chi connectivity index (χ1v) is 16.4. The number of rotatable bonds is 8. The molecule has 42 heavy (non-hydrogen) atoms. The van der Waals surface area contributed by atoms with Gasteiger partial charge in [-0.2, -0.15) is 5.10 Å². The molecule has 1 aliphatic carbocycles. The molecule has 0 spiro atoms. The number of sulfone groups is 1. The highest BCUT2D eigenvalue weighted by atomic mass is 35.5. The second-order valence-corrected chi connectivity index (χ2v) is 15.3. The number of anilines is 2. The van der Waals surface area contributed by atoms with Crippen molar-refractivity contribution in [1.82, 2.24) is 19.7 Å². The quantitative estimate of drug-likeness (QED) is 0.218. The minimum absolute atomic E-state index is 0.137. The van der Waals surface area contributed by atoms with Crippen LogP contribution in [0.15, 0.2) is 55.0 Å². The Morgan fingerprint density at radius 3 is 2.55 bits per heavy atom. The van der Waals surface area contributed by atoms with Crippen LogP contribution in [0.5, 0.6) is 0 Å². The zero-order chi connectivity index (χ0) is 30.1. The Labute approximate surface area is 252 Å². The summed E-state index contributed by atoms with van der Waals surface area (Å²) in [6.45, 7) is 6.97. The van der Waals surface area contributed by atoms with E-state index in [0.29, 0.717) is 40.2 Å². The average molecular weight is 610 g/mol. The molecule has 5 rings (SSSR count). The van der Waals surface area contributed by atoms with Crippen molar-refractivity contribution in [2.24, 2.45) is 0 Å². The summed E-state index contributed by atoms with van der Waals surface area (Å²) >= 11 is 6.37. The van der Waals surface area contributed by atoms with E-state index in [2.05, 4.69) is 20.4 Å². The van der Waals surface area contributed by atoms with Crippen molar-refractivity contribution in [3.8, 4) is 11.1 Å². The maximum Gasteiger partial charge on any atom is 0.227 e. The Bertz CT molecular complexity index is 1690. The van der Waals surface area contributed by atoms with E-state index in [4.69, 9.17) is 11.6 Å². The van der Waals surface area contributed by atoms with Crippen molar-refractivity contribution >= 4 is 33.1 Å². The Morgan fingerprint density at radius 2 is 1.83 bits per heavy atom. The van der Waals surface area contributed by atoms with E-state index in [0.717, 1.165) is 35.2 Å². The standard InChI is InChI=1S/C32H37ClFN5O2S/c1-21-17-35-31(38-30(21)15-22-10-13-28(33)23(14-22)20-42(40,41)32(2,3)4)37-25-11-12-27(29(34)16-25)24-18-36-39(19-24)26-8-6-5-7-9-26/h10-14,16-19,26H,5-9,15,20H2,1-4H3,(H,35,37,38). The second kappa shape index (κ2) is 12.1. The van der Waals surface area contributed by atoms with Gasteiger partial charge in [-0.3, -0.25) is 4.68 Å². The fourth-order valence-electron chi connectivity index (χ4n) is 5.16. The summed E-state index contributed by atoms with van der Waals surface area (Å²) in [5.74, 6) is -0.145. The summed E-state index contributed by atoms with van der Waals surface area (Å²) in [4.78, 5) is 9.07. The van der Waals surface area contributed by atoms with Gasteiger partial charge in [0.15, 0.2) is 9.84 Å². The van der Waals surface area contributed by atoms with E-state index in [1.54, 1.807) is 51.4 Å². The molecule has 0 radical (unpaired) electrons. The van der Waals surface area contributed by atoms with Gasteiger partial charge in [0, 0.05) is 40.7 Å². The smallest absolute Gasteiger partial charge is 0.227 e. The van der Waals surface area contributed by atoms with Gasteiger partial charge in [-0.15, -0.1) is 0 Å². The summed E-state index contributed by atoms with van der Waals surface area (Å²) < 4.78 is 41.9. The van der Waals surface area contributed by atoms with Gasteiger partial charge in [0.25, 0.3) is 0 Å². The predicted molar refractivity (Wildman–Crippen MR) is 166 cm³/mol. The van der Waals surface area contributed by atoms with Crippen molar-refractivity contribution in [3.05, 3.63) is 88.2 Å². The SMILES string of the molecule is Cc1cnc(Nc2ccc(-c3cnn(C4CCCCC4)c3)c(F)c2)nc1Cc1ccc(Cl)c(CS(=O)(=O)C(C)(C)C)c1. The summed E-state index contributed by atoms with van der Waals surface area (Å²) in [5.41, 5.74) is 4.90. The van der Waals surface area contributed by atoms with E-state index in [9.17, 15) is 8.42 Å². The molecule has 0 amide bonds. The van der Waals surface area contributed by atoms with Crippen LogP contribution >= 0.6 is 11.6 Å². The number of nitrogens with one attached hydrogen (secondary N) is 1. The molecule has 0 aliphatic heterocycles.